The Morgan fingerprint density at radius 2 is 2.35 bits per heavy atom. The largest absolute Gasteiger partial charge is 0.507 e. The van der Waals surface area contributed by atoms with Crippen LogP contribution in [0, 0.1) is 0 Å². The van der Waals surface area contributed by atoms with Crippen LogP contribution in [-0.4, -0.2) is 18.2 Å². The molecule has 4 heteroatoms. The van der Waals surface area contributed by atoms with E-state index in [1.54, 1.807) is 24.5 Å². The fourth-order valence-corrected chi connectivity index (χ4v) is 1.89. The van der Waals surface area contributed by atoms with Crippen molar-refractivity contribution in [2.75, 3.05) is 7.11 Å². The van der Waals surface area contributed by atoms with Crippen LogP contribution in [0.5, 0.6) is 0 Å². The fraction of sp³-hybridized carbons (Fsp3) is 0.308. The normalized spacial score (nSPS) is 18.5. The lowest BCUT2D eigenvalue weighted by Crippen LogP contribution is -2.12. The van der Waals surface area contributed by atoms with Gasteiger partial charge in [-0.1, -0.05) is 0 Å². The molecule has 0 bridgehead atoms. The molecule has 1 aliphatic carbocycles. The van der Waals surface area contributed by atoms with Gasteiger partial charge in [-0.2, -0.15) is 0 Å². The summed E-state index contributed by atoms with van der Waals surface area (Å²) in [5, 5.41) is 10.00. The third-order valence-electron chi connectivity index (χ3n) is 2.75. The van der Waals surface area contributed by atoms with Gasteiger partial charge < -0.3 is 14.3 Å². The Hall–Kier alpha value is -1.97. The third-order valence-corrected chi connectivity index (χ3v) is 2.75. The molecule has 0 aromatic carbocycles. The molecule has 0 atom stereocenters. The summed E-state index contributed by atoms with van der Waals surface area (Å²) in [7, 11) is 1.31. The van der Waals surface area contributed by atoms with Crippen LogP contribution in [0.25, 0.3) is 6.08 Å². The zero-order valence-electron chi connectivity index (χ0n) is 9.60. The maximum absolute atomic E-state index is 11.4. The lowest BCUT2D eigenvalue weighted by atomic mass is 9.92. The highest BCUT2D eigenvalue weighted by Crippen LogP contribution is 2.30. The molecule has 0 amide bonds. The zero-order chi connectivity index (χ0) is 12.3. The minimum atomic E-state index is -0.465. The molecule has 1 heterocycles. The second-order valence-corrected chi connectivity index (χ2v) is 3.86. The van der Waals surface area contributed by atoms with Crippen LogP contribution in [0.2, 0.25) is 0 Å². The van der Waals surface area contributed by atoms with Crippen LogP contribution < -0.4 is 0 Å². The lowest BCUT2D eigenvalue weighted by molar-refractivity contribution is -0.136. The van der Waals surface area contributed by atoms with Gasteiger partial charge in [0.15, 0.2) is 0 Å². The molecule has 0 saturated heterocycles. The number of esters is 1. The summed E-state index contributed by atoms with van der Waals surface area (Å²) < 4.78 is 9.82. The van der Waals surface area contributed by atoms with Gasteiger partial charge in [0.2, 0.25) is 0 Å². The summed E-state index contributed by atoms with van der Waals surface area (Å²) in [4.78, 5) is 11.4. The molecular weight excluding hydrogens is 220 g/mol. The molecule has 1 aliphatic rings. The van der Waals surface area contributed by atoms with Crippen molar-refractivity contribution in [3.8, 4) is 0 Å². The number of aliphatic hydroxyl groups is 1. The van der Waals surface area contributed by atoms with Crippen LogP contribution in [0.3, 0.4) is 0 Å². The molecule has 4 nitrogen and oxygen atoms in total. The number of allylic oxidation sites excluding steroid dienone is 1. The van der Waals surface area contributed by atoms with Crippen molar-refractivity contribution in [1.29, 1.82) is 0 Å². The highest BCUT2D eigenvalue weighted by Gasteiger charge is 2.22. The summed E-state index contributed by atoms with van der Waals surface area (Å²) >= 11 is 0. The van der Waals surface area contributed by atoms with Gasteiger partial charge in [-0.25, -0.2) is 4.79 Å². The Morgan fingerprint density at radius 1 is 1.53 bits per heavy atom. The van der Waals surface area contributed by atoms with Gasteiger partial charge in [-0.3, -0.25) is 0 Å². The molecule has 1 N–H and O–H groups in total. The van der Waals surface area contributed by atoms with Crippen molar-refractivity contribution in [1.82, 2.24) is 0 Å². The van der Waals surface area contributed by atoms with Crippen molar-refractivity contribution in [2.45, 2.75) is 19.3 Å². The molecule has 0 radical (unpaired) electrons. The molecule has 17 heavy (non-hydrogen) atoms. The van der Waals surface area contributed by atoms with Crippen LogP contribution in [0.15, 0.2) is 39.7 Å². The molecule has 1 aromatic heterocycles. The smallest absolute Gasteiger partial charge is 0.337 e. The Morgan fingerprint density at radius 3 is 3.00 bits per heavy atom. The predicted molar refractivity (Wildman–Crippen MR) is 62.2 cm³/mol. The molecule has 0 spiro atoms. The van der Waals surface area contributed by atoms with E-state index in [2.05, 4.69) is 4.74 Å². The molecule has 2 rings (SSSR count). The van der Waals surface area contributed by atoms with Gasteiger partial charge >= 0.3 is 5.97 Å². The number of ether oxygens (including phenoxy) is 1. The van der Waals surface area contributed by atoms with Crippen molar-refractivity contribution < 1.29 is 19.1 Å². The zero-order valence-corrected chi connectivity index (χ0v) is 9.60. The Kier molecular flexibility index (Phi) is 3.32. The Labute approximate surface area is 99.2 Å². The first kappa shape index (κ1) is 11.5. The molecule has 0 aliphatic heterocycles. The van der Waals surface area contributed by atoms with E-state index in [0.717, 1.165) is 12.8 Å². The predicted octanol–water partition coefficient (Wildman–Crippen LogP) is 2.83. The summed E-state index contributed by atoms with van der Waals surface area (Å²) in [6.07, 6.45) is 5.41. The monoisotopic (exact) mass is 234 g/mol. The van der Waals surface area contributed by atoms with Crippen LogP contribution in [-0.2, 0) is 9.53 Å². The topological polar surface area (TPSA) is 59.7 Å². The van der Waals surface area contributed by atoms with Gasteiger partial charge in [0.1, 0.15) is 11.5 Å². The van der Waals surface area contributed by atoms with Gasteiger partial charge in [-0.05, 0) is 43.0 Å². The van der Waals surface area contributed by atoms with E-state index in [0.29, 0.717) is 23.3 Å². The highest BCUT2D eigenvalue weighted by atomic mass is 16.5. The molecular formula is C13H14O4. The number of rotatable bonds is 2. The Balaban J connectivity index is 2.33. The summed E-state index contributed by atoms with van der Waals surface area (Å²) in [6, 6.07) is 3.57. The maximum Gasteiger partial charge on any atom is 0.337 e. The SMILES string of the molecule is COC(=O)C1=C(O)/C(=C/c2ccco2)CCC1. The average Bonchev–Trinajstić information content (AvgIpc) is 2.84. The maximum atomic E-state index is 11.4. The first-order valence-corrected chi connectivity index (χ1v) is 5.47. The van der Waals surface area contributed by atoms with Gasteiger partial charge in [-0.15, -0.1) is 0 Å². The number of furan rings is 1. The summed E-state index contributed by atoms with van der Waals surface area (Å²) in [6.45, 7) is 0. The van der Waals surface area contributed by atoms with E-state index in [1.165, 1.54) is 7.11 Å². The third kappa shape index (κ3) is 2.41. The van der Waals surface area contributed by atoms with E-state index >= 15 is 0 Å². The minimum Gasteiger partial charge on any atom is -0.507 e. The lowest BCUT2D eigenvalue weighted by Gasteiger charge is -2.17. The molecule has 1 aromatic rings. The molecule has 0 saturated carbocycles. The highest BCUT2D eigenvalue weighted by molar-refractivity contribution is 5.90. The number of hydrogen-bond donors (Lipinski definition) is 1. The summed E-state index contributed by atoms with van der Waals surface area (Å²) in [5.41, 5.74) is 1.06. The molecule has 0 fully saturated rings. The quantitative estimate of drug-likeness (QED) is 0.799. The van der Waals surface area contributed by atoms with Crippen molar-refractivity contribution in [3.63, 3.8) is 0 Å². The minimum absolute atomic E-state index is 0.0273. The van der Waals surface area contributed by atoms with Crippen LogP contribution in [0.4, 0.5) is 0 Å². The fourth-order valence-electron chi connectivity index (χ4n) is 1.89. The number of hydrogen-bond acceptors (Lipinski definition) is 4. The van der Waals surface area contributed by atoms with Gasteiger partial charge in [0, 0.05) is 0 Å². The van der Waals surface area contributed by atoms with Gasteiger partial charge in [0.25, 0.3) is 0 Å². The Bertz CT molecular complexity index is 466. The number of carbonyl (C=O) groups is 1. The van der Waals surface area contributed by atoms with Gasteiger partial charge in [0.05, 0.1) is 18.9 Å². The van der Waals surface area contributed by atoms with E-state index in [4.69, 9.17) is 4.42 Å². The van der Waals surface area contributed by atoms with E-state index in [1.807, 2.05) is 0 Å². The second kappa shape index (κ2) is 4.91. The van der Waals surface area contributed by atoms with E-state index in [9.17, 15) is 9.90 Å². The molecule has 0 unspecified atom stereocenters. The van der Waals surface area contributed by atoms with Crippen LogP contribution >= 0.6 is 0 Å². The van der Waals surface area contributed by atoms with E-state index < -0.39 is 5.97 Å². The van der Waals surface area contributed by atoms with E-state index in [-0.39, 0.29) is 5.76 Å². The van der Waals surface area contributed by atoms with Crippen molar-refractivity contribution in [2.24, 2.45) is 0 Å². The first-order valence-electron chi connectivity index (χ1n) is 5.47. The standard InChI is InChI=1S/C13H14O4/c1-16-13(15)11-6-2-4-9(12(11)14)8-10-5-3-7-17-10/h3,5,7-8,14H,2,4,6H2,1H3/b9-8+. The summed E-state index contributed by atoms with van der Waals surface area (Å²) in [5.74, 6) is 0.227. The number of carbonyl (C=O) groups excluding carboxylic acids is 1. The average molecular weight is 234 g/mol. The van der Waals surface area contributed by atoms with Crippen molar-refractivity contribution in [3.05, 3.63) is 41.1 Å². The van der Waals surface area contributed by atoms with Crippen LogP contribution in [0.1, 0.15) is 25.0 Å². The van der Waals surface area contributed by atoms with Crippen molar-refractivity contribution >= 4 is 12.0 Å². The number of aliphatic hydroxyl groups excluding tert-OH is 1. The second-order valence-electron chi connectivity index (χ2n) is 3.86. The molecule has 90 valence electrons. The first-order chi connectivity index (χ1) is 8.22. The number of methoxy groups -OCH3 is 1.